The van der Waals surface area contributed by atoms with E-state index in [1.54, 1.807) is 36.9 Å². The number of esters is 1. The second-order valence-corrected chi connectivity index (χ2v) is 7.13. The highest BCUT2D eigenvalue weighted by atomic mass is 16.5. The summed E-state index contributed by atoms with van der Waals surface area (Å²) < 4.78 is 4.79. The highest BCUT2D eigenvalue weighted by Crippen LogP contribution is 2.28. The zero-order chi connectivity index (χ0) is 22.3. The standard InChI is InChI=1S/C25H23N5O2/c1-3-22-14-20(8-10-27-22)21-9-11-28-23(15-21)30(24-16-26-12-13-29-24)17-18-4-6-19(7-5-18)25(31)32-2/h4-16H,3,17H2,1-2H3. The van der Waals surface area contributed by atoms with Crippen LogP contribution in [0.15, 0.2) is 79.5 Å². The third kappa shape index (κ3) is 4.78. The molecule has 0 aliphatic heterocycles. The Balaban J connectivity index is 1.69. The number of carbonyl (C=O) groups excluding carboxylic acids is 1. The number of aryl methyl sites for hydroxylation is 1. The van der Waals surface area contributed by atoms with E-state index in [9.17, 15) is 4.79 Å². The smallest absolute Gasteiger partial charge is 0.337 e. The number of benzene rings is 1. The molecule has 0 N–H and O–H groups in total. The van der Waals surface area contributed by atoms with Gasteiger partial charge in [0.2, 0.25) is 0 Å². The van der Waals surface area contributed by atoms with Gasteiger partial charge in [0, 0.05) is 30.5 Å². The molecule has 4 rings (SSSR count). The summed E-state index contributed by atoms with van der Waals surface area (Å²) >= 11 is 0. The van der Waals surface area contributed by atoms with Crippen molar-refractivity contribution in [3.8, 4) is 11.1 Å². The van der Waals surface area contributed by atoms with E-state index in [-0.39, 0.29) is 5.97 Å². The molecule has 0 saturated heterocycles. The number of ether oxygens (including phenoxy) is 1. The summed E-state index contributed by atoms with van der Waals surface area (Å²) in [5, 5.41) is 0. The highest BCUT2D eigenvalue weighted by molar-refractivity contribution is 5.89. The van der Waals surface area contributed by atoms with Gasteiger partial charge in [0.05, 0.1) is 25.4 Å². The Labute approximate surface area is 186 Å². The molecule has 0 fully saturated rings. The molecule has 7 nitrogen and oxygen atoms in total. The molecule has 32 heavy (non-hydrogen) atoms. The van der Waals surface area contributed by atoms with Gasteiger partial charge in [-0.15, -0.1) is 0 Å². The molecule has 7 heteroatoms. The molecule has 0 bridgehead atoms. The monoisotopic (exact) mass is 425 g/mol. The van der Waals surface area contributed by atoms with Gasteiger partial charge in [0.1, 0.15) is 5.82 Å². The van der Waals surface area contributed by atoms with Crippen molar-refractivity contribution in [3.05, 3.63) is 96.3 Å². The van der Waals surface area contributed by atoms with Crippen molar-refractivity contribution < 1.29 is 9.53 Å². The van der Waals surface area contributed by atoms with E-state index in [1.165, 1.54) is 7.11 Å². The minimum absolute atomic E-state index is 0.361. The maximum absolute atomic E-state index is 11.7. The van der Waals surface area contributed by atoms with Crippen LogP contribution in [0.5, 0.6) is 0 Å². The van der Waals surface area contributed by atoms with Crippen LogP contribution in [0.25, 0.3) is 11.1 Å². The second kappa shape index (κ2) is 9.78. The summed E-state index contributed by atoms with van der Waals surface area (Å²) in [6.07, 6.45) is 9.50. The van der Waals surface area contributed by atoms with Crippen molar-refractivity contribution >= 4 is 17.6 Å². The Hall–Kier alpha value is -4.13. The number of nitrogens with zero attached hydrogens (tertiary/aromatic N) is 5. The molecule has 0 unspecified atom stereocenters. The van der Waals surface area contributed by atoms with Gasteiger partial charge in [-0.05, 0) is 59.5 Å². The van der Waals surface area contributed by atoms with E-state index in [4.69, 9.17) is 4.74 Å². The molecule has 0 aliphatic carbocycles. The molecule has 0 amide bonds. The van der Waals surface area contributed by atoms with Crippen LogP contribution in [0.4, 0.5) is 11.6 Å². The molecular formula is C25H23N5O2. The van der Waals surface area contributed by atoms with Gasteiger partial charge in [-0.25, -0.2) is 14.8 Å². The van der Waals surface area contributed by atoms with E-state index >= 15 is 0 Å². The number of hydrogen-bond donors (Lipinski definition) is 0. The summed E-state index contributed by atoms with van der Waals surface area (Å²) in [7, 11) is 1.37. The number of carbonyl (C=O) groups is 1. The van der Waals surface area contributed by atoms with Gasteiger partial charge >= 0.3 is 5.97 Å². The number of pyridine rings is 2. The number of anilines is 2. The minimum atomic E-state index is -0.361. The molecule has 3 heterocycles. The van der Waals surface area contributed by atoms with E-state index in [2.05, 4.69) is 32.9 Å². The van der Waals surface area contributed by atoms with Gasteiger partial charge in [-0.1, -0.05) is 19.1 Å². The average molecular weight is 425 g/mol. The van der Waals surface area contributed by atoms with Crippen molar-refractivity contribution in [2.45, 2.75) is 19.9 Å². The van der Waals surface area contributed by atoms with Crippen molar-refractivity contribution in [2.75, 3.05) is 12.0 Å². The lowest BCUT2D eigenvalue weighted by atomic mass is 10.1. The average Bonchev–Trinajstić information content (AvgIpc) is 2.87. The summed E-state index contributed by atoms with van der Waals surface area (Å²) in [5.41, 5.74) is 4.67. The van der Waals surface area contributed by atoms with Gasteiger partial charge in [-0.3, -0.25) is 9.97 Å². The van der Waals surface area contributed by atoms with Crippen LogP contribution in [-0.2, 0) is 17.7 Å². The normalized spacial score (nSPS) is 10.6. The second-order valence-electron chi connectivity index (χ2n) is 7.13. The number of rotatable bonds is 7. The summed E-state index contributed by atoms with van der Waals surface area (Å²) in [6, 6.07) is 15.4. The molecule has 0 spiro atoms. The third-order valence-corrected chi connectivity index (χ3v) is 5.08. The topological polar surface area (TPSA) is 81.1 Å². The van der Waals surface area contributed by atoms with Crippen LogP contribution >= 0.6 is 0 Å². The summed E-state index contributed by atoms with van der Waals surface area (Å²) in [6.45, 7) is 2.60. The number of methoxy groups -OCH3 is 1. The first-order chi connectivity index (χ1) is 15.7. The predicted molar refractivity (Wildman–Crippen MR) is 123 cm³/mol. The Morgan fingerprint density at radius 1 is 0.875 bits per heavy atom. The van der Waals surface area contributed by atoms with Gasteiger partial charge in [-0.2, -0.15) is 0 Å². The molecule has 0 aliphatic rings. The van der Waals surface area contributed by atoms with E-state index in [0.717, 1.165) is 34.6 Å². The van der Waals surface area contributed by atoms with E-state index < -0.39 is 0 Å². The van der Waals surface area contributed by atoms with Crippen LogP contribution in [-0.4, -0.2) is 33.0 Å². The fourth-order valence-electron chi connectivity index (χ4n) is 3.35. The molecule has 0 atom stereocenters. The van der Waals surface area contributed by atoms with E-state index in [1.807, 2.05) is 41.4 Å². The zero-order valence-electron chi connectivity index (χ0n) is 18.0. The first-order valence-electron chi connectivity index (χ1n) is 10.3. The maximum Gasteiger partial charge on any atom is 0.337 e. The van der Waals surface area contributed by atoms with Crippen molar-refractivity contribution in [1.29, 1.82) is 0 Å². The van der Waals surface area contributed by atoms with Crippen molar-refractivity contribution in [3.63, 3.8) is 0 Å². The zero-order valence-corrected chi connectivity index (χ0v) is 18.0. The lowest BCUT2D eigenvalue weighted by Gasteiger charge is -2.23. The largest absolute Gasteiger partial charge is 0.465 e. The minimum Gasteiger partial charge on any atom is -0.465 e. The maximum atomic E-state index is 11.7. The van der Waals surface area contributed by atoms with Crippen molar-refractivity contribution in [1.82, 2.24) is 19.9 Å². The number of aromatic nitrogens is 4. The molecule has 0 saturated carbocycles. The Kier molecular flexibility index (Phi) is 6.46. The first kappa shape index (κ1) is 21.1. The van der Waals surface area contributed by atoms with Crippen LogP contribution in [0.2, 0.25) is 0 Å². The fraction of sp³-hybridized carbons (Fsp3) is 0.160. The molecule has 160 valence electrons. The van der Waals surface area contributed by atoms with Crippen LogP contribution in [0.1, 0.15) is 28.5 Å². The van der Waals surface area contributed by atoms with E-state index in [0.29, 0.717) is 17.9 Å². The lowest BCUT2D eigenvalue weighted by Crippen LogP contribution is -2.19. The quantitative estimate of drug-likeness (QED) is 0.400. The Bertz CT molecular complexity index is 1200. The van der Waals surface area contributed by atoms with Gasteiger partial charge in [0.15, 0.2) is 5.82 Å². The molecule has 4 aromatic rings. The van der Waals surface area contributed by atoms with Gasteiger partial charge < -0.3 is 9.64 Å². The van der Waals surface area contributed by atoms with Crippen LogP contribution in [0, 0.1) is 0 Å². The third-order valence-electron chi connectivity index (χ3n) is 5.08. The molecule has 3 aromatic heterocycles. The molecule has 1 aromatic carbocycles. The first-order valence-corrected chi connectivity index (χ1v) is 10.3. The summed E-state index contributed by atoms with van der Waals surface area (Å²) in [5.74, 6) is 1.06. The van der Waals surface area contributed by atoms with Crippen LogP contribution < -0.4 is 4.90 Å². The van der Waals surface area contributed by atoms with Crippen LogP contribution in [0.3, 0.4) is 0 Å². The predicted octanol–water partition coefficient (Wildman–Crippen LogP) is 4.62. The number of hydrogen-bond acceptors (Lipinski definition) is 7. The SMILES string of the molecule is CCc1cc(-c2ccnc(N(Cc3ccc(C(=O)OC)cc3)c3cnccn3)c2)ccn1. The molecule has 0 radical (unpaired) electrons. The Morgan fingerprint density at radius 2 is 1.59 bits per heavy atom. The highest BCUT2D eigenvalue weighted by Gasteiger charge is 2.15. The molecular weight excluding hydrogens is 402 g/mol. The lowest BCUT2D eigenvalue weighted by molar-refractivity contribution is 0.0600. The summed E-state index contributed by atoms with van der Waals surface area (Å²) in [4.78, 5) is 31.4. The Morgan fingerprint density at radius 3 is 2.28 bits per heavy atom. The fourth-order valence-corrected chi connectivity index (χ4v) is 3.35. The van der Waals surface area contributed by atoms with Gasteiger partial charge in [0.25, 0.3) is 0 Å². The van der Waals surface area contributed by atoms with Crippen molar-refractivity contribution in [2.24, 2.45) is 0 Å².